The predicted molar refractivity (Wildman–Crippen MR) is 47.6 cm³/mol. The monoisotopic (exact) mass is 276 g/mol. The van der Waals surface area contributed by atoms with Crippen LogP contribution in [0.1, 0.15) is 13.8 Å². The summed E-state index contributed by atoms with van der Waals surface area (Å²) in [6, 6.07) is 0. The Hall–Kier alpha value is 1.64. The zero-order valence-corrected chi connectivity index (χ0v) is 9.69. The van der Waals surface area contributed by atoms with Crippen LogP contribution in [0.4, 0.5) is 0 Å². The predicted octanol–water partition coefficient (Wildman–Crippen LogP) is 3.37. The number of hydrogen-bond acceptors (Lipinski definition) is 1. The van der Waals surface area contributed by atoms with Gasteiger partial charge in [-0.25, -0.2) is 0 Å². The van der Waals surface area contributed by atoms with Crippen molar-refractivity contribution < 1.29 is 9.20 Å². The molecule has 0 radical (unpaired) electrons. The maximum absolute atomic E-state index is 4.90. The fourth-order valence-corrected chi connectivity index (χ4v) is 0.250. The van der Waals surface area contributed by atoms with Crippen molar-refractivity contribution in [3.8, 4) is 0 Å². The van der Waals surface area contributed by atoms with Crippen molar-refractivity contribution in [2.24, 2.45) is 0 Å². The fraction of sp³-hybridized carbons (Fsp3) is 1.00. The number of hydrogen-bond donors (Lipinski definition) is 1. The Morgan fingerprint density at radius 3 is 1.20 bits per heavy atom. The molecule has 10 heavy (non-hydrogen) atoms. The number of rotatable bonds is 2. The van der Waals surface area contributed by atoms with Gasteiger partial charge in [0.15, 0.2) is 0 Å². The minimum atomic E-state index is -2.24. The fourth-order valence-electron chi connectivity index (χ4n) is 0.250. The summed E-state index contributed by atoms with van der Waals surface area (Å²) >= 11 is 0. The van der Waals surface area contributed by atoms with E-state index in [4.69, 9.17) is 40.4 Å². The molecule has 0 saturated heterocycles. The summed E-state index contributed by atoms with van der Waals surface area (Å²) in [5.74, 6) is 0. The van der Waals surface area contributed by atoms with Crippen LogP contribution in [-0.2, 0) is 9.20 Å². The summed E-state index contributed by atoms with van der Waals surface area (Å²) in [6.45, 7) is 6.39. The zero-order chi connectivity index (χ0) is 8.62. The molecule has 0 amide bonds. The van der Waals surface area contributed by atoms with Gasteiger partial charge in [-0.05, 0) is 13.1 Å². The summed E-state index contributed by atoms with van der Waals surface area (Å²) in [5, 5.41) is 3.11. The van der Waals surface area contributed by atoms with Crippen LogP contribution in [0.3, 0.4) is 0 Å². The van der Waals surface area contributed by atoms with Crippen molar-refractivity contribution in [1.82, 2.24) is 5.32 Å². The Morgan fingerprint density at radius 1 is 1.00 bits per heavy atom. The molecular formula is C4H11Cl4CuN. The molecule has 0 unspecified atom stereocenters. The second-order valence-corrected chi connectivity index (χ2v) is 10.5. The van der Waals surface area contributed by atoms with Gasteiger partial charge in [0.2, 0.25) is 0 Å². The van der Waals surface area contributed by atoms with E-state index in [2.05, 4.69) is 19.2 Å². The standard InChI is InChI=1S/C4H11N.4ClH.Cu/c1-3-5-4-2;;;;;/h5H,3-4H2,1-2H3;4*1H;/q;;;;;+4/p-4. The Bertz CT molecular complexity index is 56.8. The van der Waals surface area contributed by atoms with Crippen molar-refractivity contribution in [3.63, 3.8) is 0 Å². The van der Waals surface area contributed by atoms with E-state index >= 15 is 0 Å². The van der Waals surface area contributed by atoms with Crippen molar-refractivity contribution in [2.45, 2.75) is 13.8 Å². The molecule has 0 spiro atoms. The Kier molecular flexibility index (Phi) is 12.4. The van der Waals surface area contributed by atoms with E-state index in [-0.39, 0.29) is 0 Å². The van der Waals surface area contributed by atoms with E-state index in [1.54, 1.807) is 0 Å². The van der Waals surface area contributed by atoms with E-state index < -0.39 is 9.20 Å². The molecule has 71 valence electrons. The summed E-state index contributed by atoms with van der Waals surface area (Å²) in [4.78, 5) is 0. The summed E-state index contributed by atoms with van der Waals surface area (Å²) in [5.41, 5.74) is 0. The Labute approximate surface area is 81.5 Å². The van der Waals surface area contributed by atoms with Crippen LogP contribution < -0.4 is 5.32 Å². The van der Waals surface area contributed by atoms with Gasteiger partial charge in [0.25, 0.3) is 0 Å². The molecular weight excluding hydrogens is 267 g/mol. The van der Waals surface area contributed by atoms with Gasteiger partial charge in [-0.1, -0.05) is 13.8 Å². The van der Waals surface area contributed by atoms with Gasteiger partial charge >= 0.3 is 49.6 Å². The van der Waals surface area contributed by atoms with Crippen LogP contribution in [0.25, 0.3) is 0 Å². The number of halogens is 4. The normalized spacial score (nSPS) is 11.8. The quantitative estimate of drug-likeness (QED) is 0.764. The van der Waals surface area contributed by atoms with Crippen LogP contribution in [0, 0.1) is 0 Å². The van der Waals surface area contributed by atoms with Gasteiger partial charge in [0, 0.05) is 0 Å². The molecule has 0 heterocycles. The minimum absolute atomic E-state index is 1.09. The first-order valence-corrected chi connectivity index (χ1v) is 7.76. The first kappa shape index (κ1) is 14.2. The zero-order valence-electron chi connectivity index (χ0n) is 5.73. The molecule has 0 rings (SSSR count). The number of nitrogens with one attached hydrogen (secondary N) is 1. The van der Waals surface area contributed by atoms with Crippen LogP contribution in [-0.4, -0.2) is 13.1 Å². The second-order valence-electron chi connectivity index (χ2n) is 1.22. The average Bonchev–Trinajstić information content (AvgIpc) is 1.63. The Balaban J connectivity index is 0. The Morgan fingerprint density at radius 2 is 1.20 bits per heavy atom. The molecule has 0 aromatic heterocycles. The van der Waals surface area contributed by atoms with Gasteiger partial charge in [0.1, 0.15) is 0 Å². The van der Waals surface area contributed by atoms with E-state index in [9.17, 15) is 0 Å². The van der Waals surface area contributed by atoms with Crippen molar-refractivity contribution in [2.75, 3.05) is 13.1 Å². The first-order chi connectivity index (χ1) is 4.41. The topological polar surface area (TPSA) is 12.0 Å². The van der Waals surface area contributed by atoms with Crippen LogP contribution in [0.2, 0.25) is 0 Å². The van der Waals surface area contributed by atoms with Crippen molar-refractivity contribution in [1.29, 1.82) is 0 Å². The van der Waals surface area contributed by atoms with E-state index in [0.717, 1.165) is 13.1 Å². The molecule has 6 heteroatoms. The first-order valence-electron chi connectivity index (χ1n) is 2.58. The summed E-state index contributed by atoms with van der Waals surface area (Å²) in [6.07, 6.45) is 0. The van der Waals surface area contributed by atoms with Crippen LogP contribution in [0.15, 0.2) is 0 Å². The average molecular weight is 278 g/mol. The third-order valence-electron chi connectivity index (χ3n) is 0.500. The molecule has 0 fully saturated rings. The van der Waals surface area contributed by atoms with Gasteiger partial charge in [-0.2, -0.15) is 0 Å². The van der Waals surface area contributed by atoms with Crippen molar-refractivity contribution >= 4 is 40.4 Å². The van der Waals surface area contributed by atoms with Crippen LogP contribution in [0.5, 0.6) is 0 Å². The molecule has 0 aliphatic carbocycles. The molecule has 0 atom stereocenters. The molecule has 0 bridgehead atoms. The van der Waals surface area contributed by atoms with Gasteiger partial charge < -0.3 is 5.32 Å². The van der Waals surface area contributed by atoms with Gasteiger partial charge in [0.05, 0.1) is 0 Å². The third kappa shape index (κ3) is 54.3. The molecule has 0 aliphatic rings. The van der Waals surface area contributed by atoms with E-state index in [1.807, 2.05) is 0 Å². The van der Waals surface area contributed by atoms with Crippen LogP contribution >= 0.6 is 40.4 Å². The van der Waals surface area contributed by atoms with Gasteiger partial charge in [-0.3, -0.25) is 0 Å². The summed E-state index contributed by atoms with van der Waals surface area (Å²) in [7, 11) is 17.4. The van der Waals surface area contributed by atoms with E-state index in [0.29, 0.717) is 0 Å². The molecule has 0 aromatic carbocycles. The summed E-state index contributed by atoms with van der Waals surface area (Å²) < 4.78 is 0. The van der Waals surface area contributed by atoms with Gasteiger partial charge in [-0.15, -0.1) is 0 Å². The third-order valence-corrected chi connectivity index (χ3v) is 0.500. The molecule has 0 saturated carbocycles. The molecule has 1 nitrogen and oxygen atoms in total. The molecule has 1 N–H and O–H groups in total. The maximum atomic E-state index is 4.90. The second kappa shape index (κ2) is 8.73. The molecule has 0 aromatic rings. The SMILES string of the molecule is CCNCC.[Cl][Cu]([Cl])([Cl])[Cl]. The van der Waals surface area contributed by atoms with Crippen molar-refractivity contribution in [3.05, 3.63) is 0 Å². The van der Waals surface area contributed by atoms with E-state index in [1.165, 1.54) is 0 Å². The molecule has 0 aliphatic heterocycles.